The Morgan fingerprint density at radius 3 is 2.62 bits per heavy atom. The predicted molar refractivity (Wildman–Crippen MR) is 36.8 cm³/mol. The number of rotatable bonds is 4. The summed E-state index contributed by atoms with van der Waals surface area (Å²) < 4.78 is 0. The van der Waals surface area contributed by atoms with Gasteiger partial charge < -0.3 is 11.1 Å². The normalized spacial score (nSPS) is 13.9. The van der Waals surface area contributed by atoms with Crippen molar-refractivity contribution in [2.45, 2.75) is 26.3 Å². The monoisotopic (exact) mass is 116 g/mol. The van der Waals surface area contributed by atoms with Crippen molar-refractivity contribution in [1.29, 1.82) is 0 Å². The molecule has 3 N–H and O–H groups in total. The van der Waals surface area contributed by atoms with Gasteiger partial charge in [-0.05, 0) is 19.9 Å². The molecular formula is C6H16N2. The lowest BCUT2D eigenvalue weighted by molar-refractivity contribution is 0.603. The molecule has 0 unspecified atom stereocenters. The topological polar surface area (TPSA) is 38.0 Å². The third-order valence-corrected chi connectivity index (χ3v) is 0.893. The van der Waals surface area contributed by atoms with Gasteiger partial charge in [0.15, 0.2) is 0 Å². The van der Waals surface area contributed by atoms with Crippen LogP contribution < -0.4 is 11.1 Å². The molecule has 1 atom stereocenters. The summed E-state index contributed by atoms with van der Waals surface area (Å²) in [5, 5.41) is 3.21. The van der Waals surface area contributed by atoms with Crippen LogP contribution in [-0.2, 0) is 0 Å². The second-order valence-corrected chi connectivity index (χ2v) is 2.18. The highest BCUT2D eigenvalue weighted by atomic mass is 14.9. The summed E-state index contributed by atoms with van der Waals surface area (Å²) in [7, 11) is 0. The Balaban J connectivity index is 2.72. The molecule has 0 saturated carbocycles. The Bertz CT molecular complexity index is 43.8. The largest absolute Gasteiger partial charge is 0.327 e. The molecule has 0 heterocycles. The first kappa shape index (κ1) is 7.92. The summed E-state index contributed by atoms with van der Waals surface area (Å²) in [4.78, 5) is 0. The zero-order valence-electron chi connectivity index (χ0n) is 5.78. The van der Waals surface area contributed by atoms with E-state index in [9.17, 15) is 0 Å². The molecule has 0 aromatic carbocycles. The Morgan fingerprint density at radius 2 is 2.25 bits per heavy atom. The van der Waals surface area contributed by atoms with Gasteiger partial charge in [0.1, 0.15) is 0 Å². The molecule has 2 heteroatoms. The minimum atomic E-state index is 0.293. The summed E-state index contributed by atoms with van der Waals surface area (Å²) in [5.41, 5.74) is 5.47. The first-order chi connectivity index (χ1) is 3.77. The molecule has 8 heavy (non-hydrogen) atoms. The molecule has 2 nitrogen and oxygen atoms in total. The van der Waals surface area contributed by atoms with E-state index in [1.54, 1.807) is 0 Å². The maximum absolute atomic E-state index is 5.47. The summed E-state index contributed by atoms with van der Waals surface area (Å²) in [6.45, 7) is 6.17. The van der Waals surface area contributed by atoms with Gasteiger partial charge >= 0.3 is 0 Å². The van der Waals surface area contributed by atoms with Crippen LogP contribution in [0, 0.1) is 0 Å². The molecule has 0 rings (SSSR count). The Morgan fingerprint density at radius 1 is 1.62 bits per heavy atom. The average Bonchev–Trinajstić information content (AvgIpc) is 1.66. The van der Waals surface area contributed by atoms with Crippen LogP contribution in [0.15, 0.2) is 0 Å². The van der Waals surface area contributed by atoms with Gasteiger partial charge in [-0.2, -0.15) is 0 Å². The molecule has 0 fully saturated rings. The minimum absolute atomic E-state index is 0.293. The van der Waals surface area contributed by atoms with Crippen molar-refractivity contribution >= 4 is 0 Å². The lowest BCUT2D eigenvalue weighted by Gasteiger charge is -2.04. The lowest BCUT2D eigenvalue weighted by Crippen LogP contribution is -2.31. The molecule has 0 amide bonds. The quantitative estimate of drug-likeness (QED) is 0.520. The molecule has 0 bridgehead atoms. The van der Waals surface area contributed by atoms with E-state index in [1.165, 1.54) is 6.42 Å². The Hall–Kier alpha value is -0.0800. The van der Waals surface area contributed by atoms with Crippen molar-refractivity contribution < 1.29 is 0 Å². The van der Waals surface area contributed by atoms with Gasteiger partial charge in [-0.15, -0.1) is 0 Å². The first-order valence-corrected chi connectivity index (χ1v) is 3.23. The number of hydrogen-bond donors (Lipinski definition) is 2. The van der Waals surface area contributed by atoms with Crippen LogP contribution in [0.2, 0.25) is 0 Å². The van der Waals surface area contributed by atoms with E-state index in [0.717, 1.165) is 13.1 Å². The van der Waals surface area contributed by atoms with E-state index >= 15 is 0 Å². The molecule has 0 saturated heterocycles. The number of hydrogen-bond acceptors (Lipinski definition) is 2. The van der Waals surface area contributed by atoms with Crippen molar-refractivity contribution in [3.8, 4) is 0 Å². The van der Waals surface area contributed by atoms with Crippen molar-refractivity contribution in [3.05, 3.63) is 0 Å². The molecular weight excluding hydrogens is 100 g/mol. The third kappa shape index (κ3) is 5.92. The number of nitrogens with two attached hydrogens (primary N) is 1. The van der Waals surface area contributed by atoms with E-state index in [1.807, 2.05) is 6.92 Å². The molecule has 0 aromatic rings. The SMILES string of the molecule is CCCNC[C@H](C)N. The highest BCUT2D eigenvalue weighted by molar-refractivity contribution is 4.55. The first-order valence-electron chi connectivity index (χ1n) is 3.23. The van der Waals surface area contributed by atoms with Crippen molar-refractivity contribution in [1.82, 2.24) is 5.32 Å². The Kier molecular flexibility index (Phi) is 5.01. The van der Waals surface area contributed by atoms with Crippen LogP contribution in [-0.4, -0.2) is 19.1 Å². The van der Waals surface area contributed by atoms with Crippen LogP contribution in [0.4, 0.5) is 0 Å². The minimum Gasteiger partial charge on any atom is -0.327 e. The standard InChI is InChI=1S/C6H16N2/c1-3-4-8-5-6(2)7/h6,8H,3-5,7H2,1-2H3/t6-/m0/s1. The van der Waals surface area contributed by atoms with Crippen LogP contribution in [0.5, 0.6) is 0 Å². The second-order valence-electron chi connectivity index (χ2n) is 2.18. The number of nitrogens with one attached hydrogen (secondary N) is 1. The van der Waals surface area contributed by atoms with E-state index in [0.29, 0.717) is 6.04 Å². The summed E-state index contributed by atoms with van der Waals surface area (Å²) in [6, 6.07) is 0.293. The van der Waals surface area contributed by atoms with Crippen LogP contribution in [0.1, 0.15) is 20.3 Å². The zero-order chi connectivity index (χ0) is 6.41. The summed E-state index contributed by atoms with van der Waals surface area (Å²) in [5.74, 6) is 0. The molecule has 0 spiro atoms. The maximum Gasteiger partial charge on any atom is 0.0136 e. The van der Waals surface area contributed by atoms with Gasteiger partial charge in [0.05, 0.1) is 0 Å². The van der Waals surface area contributed by atoms with Gasteiger partial charge in [-0.25, -0.2) is 0 Å². The van der Waals surface area contributed by atoms with Crippen LogP contribution in [0.25, 0.3) is 0 Å². The molecule has 50 valence electrons. The van der Waals surface area contributed by atoms with E-state index in [2.05, 4.69) is 12.2 Å². The second kappa shape index (κ2) is 5.06. The van der Waals surface area contributed by atoms with Crippen molar-refractivity contribution in [2.75, 3.05) is 13.1 Å². The van der Waals surface area contributed by atoms with Crippen LogP contribution in [0.3, 0.4) is 0 Å². The van der Waals surface area contributed by atoms with Crippen molar-refractivity contribution in [3.63, 3.8) is 0 Å². The molecule has 0 aliphatic rings. The zero-order valence-corrected chi connectivity index (χ0v) is 5.78. The highest BCUT2D eigenvalue weighted by Crippen LogP contribution is 1.72. The fourth-order valence-electron chi connectivity index (χ4n) is 0.507. The van der Waals surface area contributed by atoms with E-state index < -0.39 is 0 Å². The van der Waals surface area contributed by atoms with Gasteiger partial charge in [0.2, 0.25) is 0 Å². The summed E-state index contributed by atoms with van der Waals surface area (Å²) >= 11 is 0. The molecule has 0 radical (unpaired) electrons. The van der Waals surface area contributed by atoms with E-state index in [-0.39, 0.29) is 0 Å². The smallest absolute Gasteiger partial charge is 0.0136 e. The van der Waals surface area contributed by atoms with Gasteiger partial charge in [0, 0.05) is 12.6 Å². The fourth-order valence-corrected chi connectivity index (χ4v) is 0.507. The Labute approximate surface area is 51.5 Å². The molecule has 0 aliphatic heterocycles. The maximum atomic E-state index is 5.47. The lowest BCUT2D eigenvalue weighted by atomic mass is 10.3. The molecule has 0 aliphatic carbocycles. The third-order valence-electron chi connectivity index (χ3n) is 0.893. The summed E-state index contributed by atoms with van der Waals surface area (Å²) in [6.07, 6.45) is 1.19. The molecule has 0 aromatic heterocycles. The predicted octanol–water partition coefficient (Wildman–Crippen LogP) is 0.333. The van der Waals surface area contributed by atoms with Crippen molar-refractivity contribution in [2.24, 2.45) is 5.73 Å². The van der Waals surface area contributed by atoms with Gasteiger partial charge in [0.25, 0.3) is 0 Å². The van der Waals surface area contributed by atoms with E-state index in [4.69, 9.17) is 5.73 Å². The average molecular weight is 116 g/mol. The fraction of sp³-hybridized carbons (Fsp3) is 1.00. The van der Waals surface area contributed by atoms with Crippen LogP contribution >= 0.6 is 0 Å². The van der Waals surface area contributed by atoms with Gasteiger partial charge in [-0.3, -0.25) is 0 Å². The van der Waals surface area contributed by atoms with Gasteiger partial charge in [-0.1, -0.05) is 6.92 Å². The highest BCUT2D eigenvalue weighted by Gasteiger charge is 1.88.